The SMILES string of the molecule is CCOc1cc(N)cc(Oc2ccccc2CO)c1. The molecule has 0 radical (unpaired) electrons. The molecule has 19 heavy (non-hydrogen) atoms. The summed E-state index contributed by atoms with van der Waals surface area (Å²) in [7, 11) is 0. The van der Waals surface area contributed by atoms with Gasteiger partial charge in [0.25, 0.3) is 0 Å². The molecule has 0 aliphatic rings. The first-order valence-corrected chi connectivity index (χ1v) is 6.13. The van der Waals surface area contributed by atoms with Gasteiger partial charge in [0.05, 0.1) is 13.2 Å². The Morgan fingerprint density at radius 1 is 1.11 bits per heavy atom. The second-order valence-corrected chi connectivity index (χ2v) is 4.04. The first kappa shape index (κ1) is 13.2. The molecule has 0 aliphatic carbocycles. The van der Waals surface area contributed by atoms with Gasteiger partial charge < -0.3 is 20.3 Å². The Labute approximate surface area is 112 Å². The molecule has 2 rings (SSSR count). The first-order chi connectivity index (χ1) is 9.22. The normalized spacial score (nSPS) is 10.2. The fourth-order valence-electron chi connectivity index (χ4n) is 1.76. The van der Waals surface area contributed by atoms with E-state index in [0.717, 1.165) is 5.56 Å². The second-order valence-electron chi connectivity index (χ2n) is 4.04. The minimum Gasteiger partial charge on any atom is -0.494 e. The average molecular weight is 259 g/mol. The molecule has 0 aromatic heterocycles. The second kappa shape index (κ2) is 6.11. The van der Waals surface area contributed by atoms with E-state index >= 15 is 0 Å². The molecule has 0 spiro atoms. The number of nitrogen functional groups attached to an aromatic ring is 1. The highest BCUT2D eigenvalue weighted by molar-refractivity contribution is 5.51. The fraction of sp³-hybridized carbons (Fsp3) is 0.200. The van der Waals surface area contributed by atoms with E-state index in [1.807, 2.05) is 25.1 Å². The third-order valence-electron chi connectivity index (χ3n) is 2.58. The summed E-state index contributed by atoms with van der Waals surface area (Å²) in [6.45, 7) is 2.40. The number of hydrogen-bond acceptors (Lipinski definition) is 4. The number of hydrogen-bond donors (Lipinski definition) is 2. The number of benzene rings is 2. The highest BCUT2D eigenvalue weighted by atomic mass is 16.5. The molecule has 0 unspecified atom stereocenters. The van der Waals surface area contributed by atoms with E-state index in [-0.39, 0.29) is 6.61 Å². The number of rotatable bonds is 5. The zero-order valence-electron chi connectivity index (χ0n) is 10.8. The smallest absolute Gasteiger partial charge is 0.133 e. The summed E-state index contributed by atoms with van der Waals surface area (Å²) in [5.74, 6) is 1.86. The van der Waals surface area contributed by atoms with Crippen molar-refractivity contribution in [2.75, 3.05) is 12.3 Å². The average Bonchev–Trinajstić information content (AvgIpc) is 2.39. The fourth-order valence-corrected chi connectivity index (χ4v) is 1.76. The number of ether oxygens (including phenoxy) is 2. The minimum atomic E-state index is -0.0726. The number of para-hydroxylation sites is 1. The Hall–Kier alpha value is -2.20. The molecule has 4 heteroatoms. The quantitative estimate of drug-likeness (QED) is 0.810. The van der Waals surface area contributed by atoms with Crippen LogP contribution in [0, 0.1) is 0 Å². The Kier molecular flexibility index (Phi) is 4.26. The van der Waals surface area contributed by atoms with Gasteiger partial charge in [-0.25, -0.2) is 0 Å². The van der Waals surface area contributed by atoms with Crippen molar-refractivity contribution >= 4 is 5.69 Å². The van der Waals surface area contributed by atoms with Crippen LogP contribution in [-0.4, -0.2) is 11.7 Å². The maximum absolute atomic E-state index is 9.26. The van der Waals surface area contributed by atoms with Crippen molar-refractivity contribution in [3.63, 3.8) is 0 Å². The van der Waals surface area contributed by atoms with Gasteiger partial charge in [-0.1, -0.05) is 18.2 Å². The van der Waals surface area contributed by atoms with Gasteiger partial charge in [0.15, 0.2) is 0 Å². The molecular weight excluding hydrogens is 242 g/mol. The van der Waals surface area contributed by atoms with Gasteiger partial charge in [-0.05, 0) is 13.0 Å². The van der Waals surface area contributed by atoms with Crippen LogP contribution >= 0.6 is 0 Å². The summed E-state index contributed by atoms with van der Waals surface area (Å²) in [6.07, 6.45) is 0. The van der Waals surface area contributed by atoms with Crippen molar-refractivity contribution < 1.29 is 14.6 Å². The van der Waals surface area contributed by atoms with E-state index in [2.05, 4.69) is 0 Å². The monoisotopic (exact) mass is 259 g/mol. The van der Waals surface area contributed by atoms with E-state index in [9.17, 15) is 5.11 Å². The lowest BCUT2D eigenvalue weighted by Gasteiger charge is -2.12. The van der Waals surface area contributed by atoms with E-state index in [1.165, 1.54) is 0 Å². The van der Waals surface area contributed by atoms with E-state index in [4.69, 9.17) is 15.2 Å². The van der Waals surface area contributed by atoms with E-state index in [0.29, 0.717) is 29.5 Å². The Balaban J connectivity index is 2.27. The number of aliphatic hydroxyl groups excluding tert-OH is 1. The van der Waals surface area contributed by atoms with Crippen LogP contribution in [0.3, 0.4) is 0 Å². The molecule has 0 amide bonds. The van der Waals surface area contributed by atoms with Crippen LogP contribution in [0.4, 0.5) is 5.69 Å². The zero-order valence-corrected chi connectivity index (χ0v) is 10.8. The number of aliphatic hydroxyl groups is 1. The molecule has 2 aromatic carbocycles. The molecule has 0 aliphatic heterocycles. The molecule has 0 bridgehead atoms. The van der Waals surface area contributed by atoms with Crippen LogP contribution in [-0.2, 0) is 6.61 Å². The topological polar surface area (TPSA) is 64.7 Å². The summed E-state index contributed by atoms with van der Waals surface area (Å²) in [6, 6.07) is 12.5. The third-order valence-corrected chi connectivity index (χ3v) is 2.58. The van der Waals surface area contributed by atoms with Crippen molar-refractivity contribution in [2.24, 2.45) is 0 Å². The Bertz CT molecular complexity index is 555. The largest absolute Gasteiger partial charge is 0.494 e. The highest BCUT2D eigenvalue weighted by Crippen LogP contribution is 2.30. The van der Waals surface area contributed by atoms with Crippen molar-refractivity contribution in [3.8, 4) is 17.2 Å². The Morgan fingerprint density at radius 3 is 2.58 bits per heavy atom. The molecule has 2 aromatic rings. The molecule has 0 heterocycles. The Morgan fingerprint density at radius 2 is 1.84 bits per heavy atom. The van der Waals surface area contributed by atoms with Crippen molar-refractivity contribution in [1.29, 1.82) is 0 Å². The summed E-state index contributed by atoms with van der Waals surface area (Å²) in [4.78, 5) is 0. The van der Waals surface area contributed by atoms with Gasteiger partial charge in [-0.15, -0.1) is 0 Å². The van der Waals surface area contributed by atoms with Crippen LogP contribution in [0.1, 0.15) is 12.5 Å². The van der Waals surface area contributed by atoms with Crippen LogP contribution < -0.4 is 15.2 Å². The van der Waals surface area contributed by atoms with Gasteiger partial charge in [0.1, 0.15) is 17.2 Å². The maximum atomic E-state index is 9.26. The lowest BCUT2D eigenvalue weighted by molar-refractivity contribution is 0.276. The predicted molar refractivity (Wildman–Crippen MR) is 74.5 cm³/mol. The molecule has 3 N–H and O–H groups in total. The van der Waals surface area contributed by atoms with Crippen LogP contribution in [0.25, 0.3) is 0 Å². The van der Waals surface area contributed by atoms with Gasteiger partial charge in [0, 0.05) is 29.4 Å². The lowest BCUT2D eigenvalue weighted by atomic mass is 10.2. The minimum absolute atomic E-state index is 0.0726. The van der Waals surface area contributed by atoms with Gasteiger partial charge in [-0.2, -0.15) is 0 Å². The van der Waals surface area contributed by atoms with Gasteiger partial charge in [-0.3, -0.25) is 0 Å². The summed E-state index contributed by atoms with van der Waals surface area (Å²) < 4.78 is 11.2. The number of nitrogens with two attached hydrogens (primary N) is 1. The summed E-state index contributed by atoms with van der Waals surface area (Å²) in [5, 5.41) is 9.26. The van der Waals surface area contributed by atoms with E-state index in [1.54, 1.807) is 24.3 Å². The van der Waals surface area contributed by atoms with Crippen LogP contribution in [0.2, 0.25) is 0 Å². The maximum Gasteiger partial charge on any atom is 0.133 e. The molecule has 4 nitrogen and oxygen atoms in total. The molecule has 0 saturated heterocycles. The highest BCUT2D eigenvalue weighted by Gasteiger charge is 2.06. The van der Waals surface area contributed by atoms with Gasteiger partial charge in [0.2, 0.25) is 0 Å². The van der Waals surface area contributed by atoms with Crippen LogP contribution in [0.15, 0.2) is 42.5 Å². The van der Waals surface area contributed by atoms with Crippen molar-refractivity contribution in [1.82, 2.24) is 0 Å². The van der Waals surface area contributed by atoms with Crippen LogP contribution in [0.5, 0.6) is 17.2 Å². The summed E-state index contributed by atoms with van der Waals surface area (Å²) >= 11 is 0. The van der Waals surface area contributed by atoms with Gasteiger partial charge >= 0.3 is 0 Å². The standard InChI is InChI=1S/C15H17NO3/c1-2-18-13-7-12(16)8-14(9-13)19-15-6-4-3-5-11(15)10-17/h3-9,17H,2,10,16H2,1H3. The van der Waals surface area contributed by atoms with Crippen molar-refractivity contribution in [2.45, 2.75) is 13.5 Å². The zero-order chi connectivity index (χ0) is 13.7. The third kappa shape index (κ3) is 3.39. The molecule has 0 fully saturated rings. The molecular formula is C15H17NO3. The molecule has 0 saturated carbocycles. The lowest BCUT2D eigenvalue weighted by Crippen LogP contribution is -1.96. The molecule has 100 valence electrons. The molecule has 0 atom stereocenters. The predicted octanol–water partition coefficient (Wildman–Crippen LogP) is 2.95. The summed E-state index contributed by atoms with van der Waals surface area (Å²) in [5.41, 5.74) is 7.10. The van der Waals surface area contributed by atoms with Crippen molar-refractivity contribution in [3.05, 3.63) is 48.0 Å². The number of anilines is 1. The first-order valence-electron chi connectivity index (χ1n) is 6.13. The van der Waals surface area contributed by atoms with E-state index < -0.39 is 0 Å².